The number of aromatic nitrogens is 1. The van der Waals surface area contributed by atoms with Crippen LogP contribution in [0.1, 0.15) is 39.0 Å². The highest BCUT2D eigenvalue weighted by Crippen LogP contribution is 2.27. The average molecular weight is 273 g/mol. The molecular formula is C15H19N3S. The SMILES string of the molecule is Cc1ncc(C(Cc2ccc3c(c2)CCC3)NN)s1. The van der Waals surface area contributed by atoms with E-state index in [1.807, 2.05) is 13.1 Å². The molecule has 1 aliphatic carbocycles. The number of nitrogens with zero attached hydrogens (tertiary/aromatic N) is 1. The van der Waals surface area contributed by atoms with E-state index in [1.54, 1.807) is 11.3 Å². The summed E-state index contributed by atoms with van der Waals surface area (Å²) < 4.78 is 0. The number of hydrogen-bond acceptors (Lipinski definition) is 4. The first kappa shape index (κ1) is 12.8. The van der Waals surface area contributed by atoms with Crippen LogP contribution in [0.15, 0.2) is 24.4 Å². The van der Waals surface area contributed by atoms with E-state index in [-0.39, 0.29) is 6.04 Å². The molecule has 4 heteroatoms. The molecule has 0 spiro atoms. The number of rotatable bonds is 4. The number of aryl methyl sites for hydroxylation is 3. The van der Waals surface area contributed by atoms with Crippen LogP contribution in [-0.2, 0) is 19.3 Å². The van der Waals surface area contributed by atoms with Crippen LogP contribution in [0.5, 0.6) is 0 Å². The Bertz CT molecular complexity index is 577. The number of nitrogens with two attached hydrogens (primary N) is 1. The molecule has 1 aromatic heterocycles. The lowest BCUT2D eigenvalue weighted by Crippen LogP contribution is -2.29. The van der Waals surface area contributed by atoms with Gasteiger partial charge in [0.2, 0.25) is 0 Å². The fourth-order valence-corrected chi connectivity index (χ4v) is 3.61. The van der Waals surface area contributed by atoms with Crippen LogP contribution >= 0.6 is 11.3 Å². The average Bonchev–Trinajstić information content (AvgIpc) is 3.04. The molecule has 1 aliphatic rings. The number of thiazole rings is 1. The van der Waals surface area contributed by atoms with Crippen LogP contribution in [0.3, 0.4) is 0 Å². The molecule has 1 heterocycles. The van der Waals surface area contributed by atoms with Gasteiger partial charge in [0.15, 0.2) is 0 Å². The van der Waals surface area contributed by atoms with Gasteiger partial charge in [0.25, 0.3) is 0 Å². The summed E-state index contributed by atoms with van der Waals surface area (Å²) in [6.45, 7) is 2.02. The van der Waals surface area contributed by atoms with Gasteiger partial charge in [0.05, 0.1) is 11.0 Å². The first-order valence-corrected chi connectivity index (χ1v) is 7.57. The second-order valence-corrected chi connectivity index (χ2v) is 6.43. The minimum Gasteiger partial charge on any atom is -0.271 e. The molecule has 3 rings (SSSR count). The predicted octanol–water partition coefficient (Wildman–Crippen LogP) is 2.69. The molecule has 0 bridgehead atoms. The molecule has 19 heavy (non-hydrogen) atoms. The summed E-state index contributed by atoms with van der Waals surface area (Å²) in [4.78, 5) is 5.52. The van der Waals surface area contributed by atoms with Crippen molar-refractivity contribution in [1.29, 1.82) is 0 Å². The molecule has 1 aromatic carbocycles. The van der Waals surface area contributed by atoms with E-state index >= 15 is 0 Å². The third kappa shape index (κ3) is 2.71. The maximum absolute atomic E-state index is 5.70. The van der Waals surface area contributed by atoms with Gasteiger partial charge in [-0.05, 0) is 49.3 Å². The Kier molecular flexibility index (Phi) is 3.64. The van der Waals surface area contributed by atoms with E-state index in [0.29, 0.717) is 0 Å². The van der Waals surface area contributed by atoms with Crippen LogP contribution in [0, 0.1) is 6.92 Å². The molecule has 0 fully saturated rings. The molecule has 0 radical (unpaired) electrons. The van der Waals surface area contributed by atoms with E-state index in [1.165, 1.54) is 40.8 Å². The van der Waals surface area contributed by atoms with Crippen molar-refractivity contribution in [1.82, 2.24) is 10.4 Å². The van der Waals surface area contributed by atoms with Crippen molar-refractivity contribution in [2.45, 2.75) is 38.6 Å². The third-order valence-corrected chi connectivity index (χ3v) is 4.81. The Labute approximate surface area is 117 Å². The van der Waals surface area contributed by atoms with Crippen LogP contribution in [0.25, 0.3) is 0 Å². The number of fused-ring (bicyclic) bond motifs is 1. The minimum atomic E-state index is 0.158. The lowest BCUT2D eigenvalue weighted by atomic mass is 10.0. The lowest BCUT2D eigenvalue weighted by molar-refractivity contribution is 0.559. The van der Waals surface area contributed by atoms with Crippen molar-refractivity contribution in [2.24, 2.45) is 5.84 Å². The summed E-state index contributed by atoms with van der Waals surface area (Å²) in [6, 6.07) is 7.03. The molecule has 0 saturated heterocycles. The van der Waals surface area contributed by atoms with Crippen LogP contribution < -0.4 is 11.3 Å². The highest BCUT2D eigenvalue weighted by molar-refractivity contribution is 7.11. The molecular weight excluding hydrogens is 254 g/mol. The monoisotopic (exact) mass is 273 g/mol. The molecule has 2 aromatic rings. The highest BCUT2D eigenvalue weighted by Gasteiger charge is 2.16. The van der Waals surface area contributed by atoms with Gasteiger partial charge in [0.1, 0.15) is 0 Å². The van der Waals surface area contributed by atoms with Crippen molar-refractivity contribution in [3.63, 3.8) is 0 Å². The topological polar surface area (TPSA) is 50.9 Å². The Morgan fingerprint density at radius 3 is 2.95 bits per heavy atom. The van der Waals surface area contributed by atoms with E-state index in [9.17, 15) is 0 Å². The highest BCUT2D eigenvalue weighted by atomic mass is 32.1. The maximum Gasteiger partial charge on any atom is 0.0897 e. The van der Waals surface area contributed by atoms with Crippen molar-refractivity contribution in [3.8, 4) is 0 Å². The molecule has 100 valence electrons. The summed E-state index contributed by atoms with van der Waals surface area (Å²) in [5, 5.41) is 1.09. The normalized spacial score (nSPS) is 15.5. The Morgan fingerprint density at radius 1 is 1.37 bits per heavy atom. The maximum atomic E-state index is 5.70. The predicted molar refractivity (Wildman–Crippen MR) is 79.1 cm³/mol. The first-order chi connectivity index (χ1) is 9.26. The number of hydrazine groups is 1. The molecule has 0 saturated carbocycles. The number of benzene rings is 1. The van der Waals surface area contributed by atoms with Crippen LogP contribution in [0.2, 0.25) is 0 Å². The summed E-state index contributed by atoms with van der Waals surface area (Å²) in [7, 11) is 0. The summed E-state index contributed by atoms with van der Waals surface area (Å²) in [5.74, 6) is 5.70. The van der Waals surface area contributed by atoms with Gasteiger partial charge >= 0.3 is 0 Å². The summed E-state index contributed by atoms with van der Waals surface area (Å²) in [6.07, 6.45) is 6.61. The fourth-order valence-electron chi connectivity index (χ4n) is 2.77. The molecule has 1 unspecified atom stereocenters. The summed E-state index contributed by atoms with van der Waals surface area (Å²) >= 11 is 1.71. The lowest BCUT2D eigenvalue weighted by Gasteiger charge is -2.14. The quantitative estimate of drug-likeness (QED) is 0.665. The van der Waals surface area contributed by atoms with E-state index < -0.39 is 0 Å². The van der Waals surface area contributed by atoms with Crippen LogP contribution in [-0.4, -0.2) is 4.98 Å². The van der Waals surface area contributed by atoms with Gasteiger partial charge in [0, 0.05) is 11.1 Å². The standard InChI is InChI=1S/C15H19N3S/c1-10-17-9-15(19-10)14(18-16)8-11-5-6-12-3-2-4-13(12)7-11/h5-7,9,14,18H,2-4,8,16H2,1H3. The Hall–Kier alpha value is -1.23. The van der Waals surface area contributed by atoms with Crippen molar-refractivity contribution in [2.75, 3.05) is 0 Å². The minimum absolute atomic E-state index is 0.158. The van der Waals surface area contributed by atoms with Crippen molar-refractivity contribution < 1.29 is 0 Å². The second-order valence-electron chi connectivity index (χ2n) is 5.16. The Balaban J connectivity index is 1.79. The van der Waals surface area contributed by atoms with E-state index in [0.717, 1.165) is 11.4 Å². The van der Waals surface area contributed by atoms with Gasteiger partial charge in [-0.25, -0.2) is 4.98 Å². The molecule has 1 atom stereocenters. The summed E-state index contributed by atoms with van der Waals surface area (Å²) in [5.41, 5.74) is 7.32. The fraction of sp³-hybridized carbons (Fsp3) is 0.400. The molecule has 3 N–H and O–H groups in total. The number of nitrogens with one attached hydrogen (secondary N) is 1. The molecule has 0 aliphatic heterocycles. The second kappa shape index (κ2) is 5.41. The Morgan fingerprint density at radius 2 is 2.21 bits per heavy atom. The smallest absolute Gasteiger partial charge is 0.0897 e. The van der Waals surface area contributed by atoms with Crippen LogP contribution in [0.4, 0.5) is 0 Å². The third-order valence-electron chi connectivity index (χ3n) is 3.79. The zero-order chi connectivity index (χ0) is 13.2. The van der Waals surface area contributed by atoms with E-state index in [4.69, 9.17) is 5.84 Å². The zero-order valence-corrected chi connectivity index (χ0v) is 12.0. The van der Waals surface area contributed by atoms with Gasteiger partial charge in [-0.1, -0.05) is 18.2 Å². The zero-order valence-electron chi connectivity index (χ0n) is 11.1. The van der Waals surface area contributed by atoms with Gasteiger partial charge in [-0.2, -0.15) is 0 Å². The van der Waals surface area contributed by atoms with Gasteiger partial charge in [-0.3, -0.25) is 11.3 Å². The number of hydrogen-bond donors (Lipinski definition) is 2. The van der Waals surface area contributed by atoms with E-state index in [2.05, 4.69) is 28.6 Å². The van der Waals surface area contributed by atoms with Gasteiger partial charge < -0.3 is 0 Å². The van der Waals surface area contributed by atoms with Crippen molar-refractivity contribution in [3.05, 3.63) is 51.0 Å². The first-order valence-electron chi connectivity index (χ1n) is 6.75. The largest absolute Gasteiger partial charge is 0.271 e. The van der Waals surface area contributed by atoms with Gasteiger partial charge in [-0.15, -0.1) is 11.3 Å². The van der Waals surface area contributed by atoms with Crippen molar-refractivity contribution >= 4 is 11.3 Å². The molecule has 3 nitrogen and oxygen atoms in total. The molecule has 0 amide bonds.